The van der Waals surface area contributed by atoms with Crippen LogP contribution in [0.2, 0.25) is 0 Å². The largest absolute Gasteiger partial charge is 0.478 e. The van der Waals surface area contributed by atoms with Gasteiger partial charge in [-0.25, -0.2) is 4.79 Å². The quantitative estimate of drug-likeness (QED) is 0.457. The zero-order valence-corrected chi connectivity index (χ0v) is 15.1. The first kappa shape index (κ1) is 18.7. The van der Waals surface area contributed by atoms with Crippen molar-refractivity contribution in [1.29, 1.82) is 0 Å². The van der Waals surface area contributed by atoms with Crippen LogP contribution in [-0.2, 0) is 4.79 Å². The van der Waals surface area contributed by atoms with Gasteiger partial charge in [-0.2, -0.15) is 0 Å². The minimum Gasteiger partial charge on any atom is -0.478 e. The van der Waals surface area contributed by atoms with Gasteiger partial charge >= 0.3 is 5.97 Å². The van der Waals surface area contributed by atoms with Crippen LogP contribution in [0.4, 0.5) is 0 Å². The lowest BCUT2D eigenvalue weighted by Crippen LogP contribution is -2.45. The van der Waals surface area contributed by atoms with Gasteiger partial charge in [-0.1, -0.05) is 48.5 Å². The predicted molar refractivity (Wildman–Crippen MR) is 97.5 cm³/mol. The molecule has 6 atom stereocenters. The molecular weight excluding hydrogens is 300 g/mol. The van der Waals surface area contributed by atoms with E-state index in [1.807, 2.05) is 6.08 Å². The number of carboxylic acids is 1. The molecule has 1 fully saturated rings. The highest BCUT2D eigenvalue weighted by Crippen LogP contribution is 2.50. The lowest BCUT2D eigenvalue weighted by atomic mass is 9.57. The summed E-state index contributed by atoms with van der Waals surface area (Å²) in [7, 11) is 0. The molecule has 0 aromatic rings. The smallest absolute Gasteiger partial charge is 0.328 e. The Bertz CT molecular complexity index is 582. The van der Waals surface area contributed by atoms with Crippen molar-refractivity contribution >= 4 is 5.97 Å². The summed E-state index contributed by atoms with van der Waals surface area (Å²) < 4.78 is 0. The van der Waals surface area contributed by atoms with Crippen LogP contribution in [0.15, 0.2) is 47.6 Å². The Morgan fingerprint density at radius 1 is 1.29 bits per heavy atom. The third-order valence-electron chi connectivity index (χ3n) is 5.87. The molecular formula is C21H30O3. The summed E-state index contributed by atoms with van der Waals surface area (Å²) in [5, 5.41) is 19.3. The molecule has 132 valence electrons. The van der Waals surface area contributed by atoms with Gasteiger partial charge < -0.3 is 10.2 Å². The molecule has 1 saturated carbocycles. The SMILES string of the molecule is C/C=C(\C)C1C(C)=CC2C(C(C)CC[C@@H]2O)C1/C=C/C=C/C(=O)O. The molecule has 3 nitrogen and oxygen atoms in total. The average molecular weight is 330 g/mol. The Morgan fingerprint density at radius 2 is 2.00 bits per heavy atom. The van der Waals surface area contributed by atoms with E-state index in [2.05, 4.69) is 45.9 Å². The molecule has 24 heavy (non-hydrogen) atoms. The number of rotatable bonds is 4. The minimum atomic E-state index is -0.931. The van der Waals surface area contributed by atoms with Gasteiger partial charge in [-0.05, 0) is 51.4 Å². The maximum atomic E-state index is 10.7. The van der Waals surface area contributed by atoms with Crippen LogP contribution in [0.5, 0.6) is 0 Å². The fourth-order valence-electron chi connectivity index (χ4n) is 4.66. The number of hydrogen-bond acceptors (Lipinski definition) is 2. The van der Waals surface area contributed by atoms with E-state index in [1.54, 1.807) is 6.08 Å². The highest BCUT2D eigenvalue weighted by Gasteiger charge is 2.45. The molecule has 0 radical (unpaired) electrons. The molecule has 2 N–H and O–H groups in total. The number of fused-ring (bicyclic) bond motifs is 1. The van der Waals surface area contributed by atoms with Crippen molar-refractivity contribution in [1.82, 2.24) is 0 Å². The van der Waals surface area contributed by atoms with E-state index in [0.717, 1.165) is 18.9 Å². The Kier molecular flexibility index (Phi) is 6.22. The van der Waals surface area contributed by atoms with Gasteiger partial charge in [0, 0.05) is 17.9 Å². The van der Waals surface area contributed by atoms with Crippen molar-refractivity contribution in [2.75, 3.05) is 0 Å². The molecule has 0 saturated heterocycles. The molecule has 2 aliphatic carbocycles. The van der Waals surface area contributed by atoms with Crippen LogP contribution in [-0.4, -0.2) is 22.3 Å². The lowest BCUT2D eigenvalue weighted by Gasteiger charge is -2.48. The summed E-state index contributed by atoms with van der Waals surface area (Å²) in [6, 6.07) is 0. The lowest BCUT2D eigenvalue weighted by molar-refractivity contribution is -0.131. The molecule has 0 spiro atoms. The summed E-state index contributed by atoms with van der Waals surface area (Å²) in [5.74, 6) is 0.838. The van der Waals surface area contributed by atoms with E-state index in [0.29, 0.717) is 23.7 Å². The fraction of sp³-hybridized carbons (Fsp3) is 0.571. The van der Waals surface area contributed by atoms with E-state index in [9.17, 15) is 9.90 Å². The van der Waals surface area contributed by atoms with Crippen molar-refractivity contribution in [3.63, 3.8) is 0 Å². The highest BCUT2D eigenvalue weighted by molar-refractivity contribution is 5.80. The Labute approximate surface area is 145 Å². The second-order valence-corrected chi connectivity index (χ2v) is 7.36. The molecule has 0 amide bonds. The van der Waals surface area contributed by atoms with E-state index in [4.69, 9.17) is 5.11 Å². The second kappa shape index (κ2) is 7.98. The van der Waals surface area contributed by atoms with Crippen molar-refractivity contribution in [3.8, 4) is 0 Å². The molecule has 0 aromatic heterocycles. The van der Waals surface area contributed by atoms with Crippen LogP contribution in [0.25, 0.3) is 0 Å². The topological polar surface area (TPSA) is 57.5 Å². The molecule has 0 aromatic carbocycles. The molecule has 0 bridgehead atoms. The fourth-order valence-corrected chi connectivity index (χ4v) is 4.66. The molecule has 3 heteroatoms. The average Bonchev–Trinajstić information content (AvgIpc) is 2.53. The second-order valence-electron chi connectivity index (χ2n) is 7.36. The Balaban J connectivity index is 2.42. The minimum absolute atomic E-state index is 0.202. The van der Waals surface area contributed by atoms with Crippen LogP contribution in [0, 0.1) is 29.6 Å². The highest BCUT2D eigenvalue weighted by atomic mass is 16.4. The molecule has 2 rings (SSSR count). The Hall–Kier alpha value is -1.61. The van der Waals surface area contributed by atoms with E-state index >= 15 is 0 Å². The zero-order chi connectivity index (χ0) is 17.9. The van der Waals surface area contributed by atoms with Crippen LogP contribution < -0.4 is 0 Å². The van der Waals surface area contributed by atoms with E-state index in [1.165, 1.54) is 11.1 Å². The van der Waals surface area contributed by atoms with Crippen LogP contribution in [0.3, 0.4) is 0 Å². The van der Waals surface area contributed by atoms with Crippen molar-refractivity contribution in [2.24, 2.45) is 29.6 Å². The summed E-state index contributed by atoms with van der Waals surface area (Å²) in [4.78, 5) is 10.7. The number of aliphatic hydroxyl groups is 1. The molecule has 0 heterocycles. The van der Waals surface area contributed by atoms with Gasteiger partial charge in [0.05, 0.1) is 6.10 Å². The number of aliphatic hydroxyl groups excluding tert-OH is 1. The third kappa shape index (κ3) is 3.89. The summed E-state index contributed by atoms with van der Waals surface area (Å²) in [5.41, 5.74) is 2.66. The maximum Gasteiger partial charge on any atom is 0.328 e. The van der Waals surface area contributed by atoms with Gasteiger partial charge in [0.1, 0.15) is 0 Å². The van der Waals surface area contributed by atoms with Gasteiger partial charge in [-0.15, -0.1) is 0 Å². The number of aliphatic carboxylic acids is 1. The van der Waals surface area contributed by atoms with Crippen molar-refractivity contribution < 1.29 is 15.0 Å². The summed E-state index contributed by atoms with van der Waals surface area (Å²) in [6.45, 7) is 8.68. The van der Waals surface area contributed by atoms with Gasteiger partial charge in [-0.3, -0.25) is 0 Å². The van der Waals surface area contributed by atoms with Crippen LogP contribution >= 0.6 is 0 Å². The van der Waals surface area contributed by atoms with Crippen molar-refractivity contribution in [2.45, 2.75) is 46.6 Å². The first-order chi connectivity index (χ1) is 11.4. The van der Waals surface area contributed by atoms with Gasteiger partial charge in [0.25, 0.3) is 0 Å². The maximum absolute atomic E-state index is 10.7. The molecule has 2 aliphatic rings. The third-order valence-corrected chi connectivity index (χ3v) is 5.87. The summed E-state index contributed by atoms with van der Waals surface area (Å²) >= 11 is 0. The normalized spacial score (nSPS) is 37.5. The van der Waals surface area contributed by atoms with E-state index < -0.39 is 5.97 Å². The number of hydrogen-bond donors (Lipinski definition) is 2. The van der Waals surface area contributed by atoms with Crippen LogP contribution in [0.1, 0.15) is 40.5 Å². The molecule has 5 unspecified atom stereocenters. The van der Waals surface area contributed by atoms with Gasteiger partial charge in [0.2, 0.25) is 0 Å². The Morgan fingerprint density at radius 3 is 2.62 bits per heavy atom. The van der Waals surface area contributed by atoms with Crippen molar-refractivity contribution in [3.05, 3.63) is 47.6 Å². The predicted octanol–water partition coefficient (Wildman–Crippen LogP) is 4.37. The monoisotopic (exact) mass is 330 g/mol. The first-order valence-corrected chi connectivity index (χ1v) is 8.93. The van der Waals surface area contributed by atoms with E-state index in [-0.39, 0.29) is 12.0 Å². The number of carbonyl (C=O) groups is 1. The number of allylic oxidation sites excluding steroid dienone is 6. The van der Waals surface area contributed by atoms with Gasteiger partial charge in [0.15, 0.2) is 0 Å². The first-order valence-electron chi connectivity index (χ1n) is 8.93. The standard InChI is InChI=1S/C21H30O3/c1-5-13(2)20-15(4)12-17-18(22)11-10-14(3)21(17)16(20)8-6-7-9-19(23)24/h5-9,12,14,16-18,20-22H,10-11H2,1-4H3,(H,23,24)/b8-6+,9-7+,13-5+/t14?,16?,17?,18-,20?,21?/m0/s1. The summed E-state index contributed by atoms with van der Waals surface area (Å²) in [6.07, 6.45) is 12.9. The number of carboxylic acid groups (broad SMARTS) is 1. The zero-order valence-electron chi connectivity index (χ0n) is 15.1. The molecule has 0 aliphatic heterocycles.